The fourth-order valence-corrected chi connectivity index (χ4v) is 3.51. The minimum Gasteiger partial charge on any atom is -0.356 e. The molecule has 0 spiro atoms. The molecule has 2 rings (SSSR count). The van der Waals surface area contributed by atoms with Gasteiger partial charge in [-0.2, -0.15) is 0 Å². The van der Waals surface area contributed by atoms with Crippen molar-refractivity contribution in [1.29, 1.82) is 0 Å². The fourth-order valence-electron chi connectivity index (χ4n) is 3.51. The Morgan fingerprint density at radius 3 is 2.19 bits per heavy atom. The fraction of sp³-hybridized carbons (Fsp3) is 0.667. The molecule has 1 saturated heterocycles. The van der Waals surface area contributed by atoms with Crippen LogP contribution in [0, 0.1) is 5.92 Å². The number of hydrogen-bond donors (Lipinski definition) is 2. The molecule has 146 valence electrons. The number of likely N-dealkylation sites (N-methyl/N-ethyl adjacent to an activating group) is 1. The van der Waals surface area contributed by atoms with Crippen LogP contribution < -0.4 is 10.6 Å². The maximum Gasteiger partial charge on any atom is 0.191 e. The Balaban J connectivity index is 1.82. The molecule has 0 radical (unpaired) electrons. The van der Waals surface area contributed by atoms with E-state index in [4.69, 9.17) is 0 Å². The maximum atomic E-state index is 4.41. The summed E-state index contributed by atoms with van der Waals surface area (Å²) < 4.78 is 0. The molecule has 2 N–H and O–H groups in total. The smallest absolute Gasteiger partial charge is 0.191 e. The van der Waals surface area contributed by atoms with Gasteiger partial charge < -0.3 is 15.5 Å². The van der Waals surface area contributed by atoms with Crippen LogP contribution in [0.3, 0.4) is 0 Å². The van der Waals surface area contributed by atoms with Gasteiger partial charge in [-0.25, -0.2) is 0 Å². The monoisotopic (exact) mass is 359 g/mol. The summed E-state index contributed by atoms with van der Waals surface area (Å²) >= 11 is 0. The lowest BCUT2D eigenvalue weighted by Crippen LogP contribution is -2.55. The molecule has 5 nitrogen and oxygen atoms in total. The van der Waals surface area contributed by atoms with Gasteiger partial charge in [0.2, 0.25) is 0 Å². The van der Waals surface area contributed by atoms with Gasteiger partial charge in [-0.15, -0.1) is 0 Å². The van der Waals surface area contributed by atoms with Crippen LogP contribution in [-0.2, 0) is 0 Å². The van der Waals surface area contributed by atoms with E-state index in [9.17, 15) is 0 Å². The van der Waals surface area contributed by atoms with Crippen molar-refractivity contribution in [3.8, 4) is 0 Å². The van der Waals surface area contributed by atoms with Gasteiger partial charge in [-0.3, -0.25) is 9.89 Å². The van der Waals surface area contributed by atoms with Gasteiger partial charge in [0.1, 0.15) is 0 Å². The van der Waals surface area contributed by atoms with Gasteiger partial charge in [0.25, 0.3) is 0 Å². The van der Waals surface area contributed by atoms with Crippen molar-refractivity contribution in [1.82, 2.24) is 20.4 Å². The van der Waals surface area contributed by atoms with Gasteiger partial charge >= 0.3 is 0 Å². The molecule has 1 aromatic carbocycles. The number of hydrogen-bond acceptors (Lipinski definition) is 3. The van der Waals surface area contributed by atoms with Crippen molar-refractivity contribution in [3.05, 3.63) is 35.9 Å². The summed E-state index contributed by atoms with van der Waals surface area (Å²) in [6.07, 6.45) is 0. The van der Waals surface area contributed by atoms with Crippen molar-refractivity contribution < 1.29 is 0 Å². The lowest BCUT2D eigenvalue weighted by molar-refractivity contribution is 0.0900. The molecule has 1 aromatic rings. The predicted octanol–water partition coefficient (Wildman–Crippen LogP) is 2.23. The van der Waals surface area contributed by atoms with Crippen molar-refractivity contribution in [3.63, 3.8) is 0 Å². The zero-order chi connectivity index (χ0) is 18.9. The number of aliphatic imine (C=N–C) groups is 1. The van der Waals surface area contributed by atoms with Gasteiger partial charge in [-0.05, 0) is 24.4 Å². The summed E-state index contributed by atoms with van der Waals surface area (Å²) in [5.74, 6) is 1.97. The van der Waals surface area contributed by atoms with E-state index in [1.54, 1.807) is 0 Å². The molecule has 1 heterocycles. The van der Waals surface area contributed by atoms with E-state index in [0.717, 1.165) is 45.2 Å². The predicted molar refractivity (Wildman–Crippen MR) is 112 cm³/mol. The highest BCUT2D eigenvalue weighted by atomic mass is 15.3. The first-order chi connectivity index (χ1) is 12.5. The highest BCUT2D eigenvalue weighted by molar-refractivity contribution is 5.79. The van der Waals surface area contributed by atoms with Gasteiger partial charge in [0.05, 0.1) is 0 Å². The molecule has 26 heavy (non-hydrogen) atoms. The van der Waals surface area contributed by atoms with Crippen LogP contribution in [0.2, 0.25) is 0 Å². The lowest BCUT2D eigenvalue weighted by atomic mass is 10.0. The summed E-state index contributed by atoms with van der Waals surface area (Å²) in [5.41, 5.74) is 1.35. The minimum atomic E-state index is 0.452. The molecule has 2 unspecified atom stereocenters. The Morgan fingerprint density at radius 2 is 1.62 bits per heavy atom. The van der Waals surface area contributed by atoms with E-state index in [-0.39, 0.29) is 0 Å². The zero-order valence-electron chi connectivity index (χ0n) is 17.2. The van der Waals surface area contributed by atoms with E-state index in [1.807, 2.05) is 7.05 Å². The first kappa shape index (κ1) is 20.7. The summed E-state index contributed by atoms with van der Waals surface area (Å²) in [7, 11) is 4.06. The van der Waals surface area contributed by atoms with Crippen LogP contribution in [-0.4, -0.2) is 75.2 Å². The Morgan fingerprint density at radius 1 is 1.00 bits per heavy atom. The molecule has 1 fully saturated rings. The number of piperazine rings is 1. The van der Waals surface area contributed by atoms with Gasteiger partial charge in [-0.1, -0.05) is 51.1 Å². The first-order valence-corrected chi connectivity index (χ1v) is 9.93. The third kappa shape index (κ3) is 6.29. The molecule has 0 aromatic heterocycles. The minimum absolute atomic E-state index is 0.452. The van der Waals surface area contributed by atoms with Crippen molar-refractivity contribution in [2.45, 2.75) is 32.7 Å². The second-order valence-corrected chi connectivity index (χ2v) is 7.80. The lowest BCUT2D eigenvalue weighted by Gasteiger charge is -2.40. The van der Waals surface area contributed by atoms with Crippen LogP contribution in [0.4, 0.5) is 0 Å². The van der Waals surface area contributed by atoms with E-state index in [1.165, 1.54) is 5.56 Å². The maximum absolute atomic E-state index is 4.41. The van der Waals surface area contributed by atoms with Crippen LogP contribution in [0.25, 0.3) is 0 Å². The zero-order valence-corrected chi connectivity index (χ0v) is 17.2. The molecule has 1 aliphatic rings. The van der Waals surface area contributed by atoms with E-state index in [2.05, 4.69) is 83.6 Å². The number of benzene rings is 1. The topological polar surface area (TPSA) is 42.9 Å². The molecule has 0 saturated carbocycles. The summed E-state index contributed by atoms with van der Waals surface area (Å²) in [5, 5.41) is 7.03. The molecule has 5 heteroatoms. The third-order valence-electron chi connectivity index (χ3n) is 5.42. The Bertz CT molecular complexity index is 535. The molecule has 2 atom stereocenters. The summed E-state index contributed by atoms with van der Waals surface area (Å²) in [6.45, 7) is 13.3. The molecule has 1 aliphatic heterocycles. The van der Waals surface area contributed by atoms with Crippen LogP contribution in [0.15, 0.2) is 35.3 Å². The second-order valence-electron chi connectivity index (χ2n) is 7.80. The van der Waals surface area contributed by atoms with Crippen LogP contribution in [0.1, 0.15) is 32.3 Å². The standard InChI is InChI=1S/C21H37N5/c1-17(2)20(26-13-11-25(5)12-14-26)16-24-21(22-4)23-15-18(3)19-9-7-6-8-10-19/h6-10,17-18,20H,11-16H2,1-5H3,(H2,22,23,24). The van der Waals surface area contributed by atoms with E-state index >= 15 is 0 Å². The summed E-state index contributed by atoms with van der Waals surface area (Å²) in [6, 6.07) is 11.2. The molecule has 0 amide bonds. The number of nitrogens with zero attached hydrogens (tertiary/aromatic N) is 3. The number of guanidine groups is 1. The molecule has 0 bridgehead atoms. The SMILES string of the molecule is CN=C(NCC(C)c1ccccc1)NCC(C(C)C)N1CCN(C)CC1. The van der Waals surface area contributed by atoms with Gasteiger partial charge in [0.15, 0.2) is 5.96 Å². The average Bonchev–Trinajstić information content (AvgIpc) is 2.66. The number of nitrogens with one attached hydrogen (secondary N) is 2. The number of rotatable bonds is 7. The molecule has 0 aliphatic carbocycles. The summed E-state index contributed by atoms with van der Waals surface area (Å²) in [4.78, 5) is 9.44. The average molecular weight is 360 g/mol. The largest absolute Gasteiger partial charge is 0.356 e. The quantitative estimate of drug-likeness (QED) is 0.579. The highest BCUT2D eigenvalue weighted by Crippen LogP contribution is 2.14. The van der Waals surface area contributed by atoms with Gasteiger partial charge in [0, 0.05) is 52.4 Å². The van der Waals surface area contributed by atoms with E-state index < -0.39 is 0 Å². The molecular formula is C21H37N5. The third-order valence-corrected chi connectivity index (χ3v) is 5.42. The van der Waals surface area contributed by atoms with Crippen molar-refractivity contribution >= 4 is 5.96 Å². The van der Waals surface area contributed by atoms with Crippen LogP contribution in [0.5, 0.6) is 0 Å². The van der Waals surface area contributed by atoms with Crippen molar-refractivity contribution in [2.24, 2.45) is 10.9 Å². The Labute approximate surface area is 159 Å². The van der Waals surface area contributed by atoms with Crippen LogP contribution >= 0.6 is 0 Å². The Kier molecular flexibility index (Phi) is 8.39. The Hall–Kier alpha value is -1.59. The first-order valence-electron chi connectivity index (χ1n) is 9.93. The highest BCUT2D eigenvalue weighted by Gasteiger charge is 2.25. The van der Waals surface area contributed by atoms with E-state index in [0.29, 0.717) is 17.9 Å². The van der Waals surface area contributed by atoms with Crippen molar-refractivity contribution in [2.75, 3.05) is 53.4 Å². The normalized spacial score (nSPS) is 19.4. The molecular weight excluding hydrogens is 322 g/mol. The second kappa shape index (κ2) is 10.5.